The van der Waals surface area contributed by atoms with Gasteiger partial charge in [0.2, 0.25) is 0 Å². The van der Waals surface area contributed by atoms with Crippen LogP contribution in [0.25, 0.3) is 21.9 Å². The average molecular weight is 308 g/mol. The lowest BCUT2D eigenvalue weighted by atomic mass is 9.97. The maximum Gasteiger partial charge on any atom is 0.255 e. The average Bonchev–Trinajstić information content (AvgIpc) is 2.54. The van der Waals surface area contributed by atoms with Crippen LogP contribution < -0.4 is 10.3 Å². The van der Waals surface area contributed by atoms with Crippen molar-refractivity contribution in [3.8, 4) is 22.9 Å². The Kier molecular flexibility index (Phi) is 3.82. The van der Waals surface area contributed by atoms with Gasteiger partial charge in [0.15, 0.2) is 6.61 Å². The zero-order valence-corrected chi connectivity index (χ0v) is 12.4. The molecule has 0 aliphatic carbocycles. The first-order chi connectivity index (χ1) is 11.1. The highest BCUT2D eigenvalue weighted by molar-refractivity contribution is 5.97. The molecule has 0 aliphatic rings. The first kappa shape index (κ1) is 14.8. The van der Waals surface area contributed by atoms with Crippen molar-refractivity contribution in [3.05, 3.63) is 64.3 Å². The lowest BCUT2D eigenvalue weighted by Gasteiger charge is -2.10. The molecule has 0 saturated carbocycles. The summed E-state index contributed by atoms with van der Waals surface area (Å²) >= 11 is 0. The molecule has 0 unspecified atom stereocenters. The Morgan fingerprint density at radius 2 is 2.00 bits per heavy atom. The van der Waals surface area contributed by atoms with Crippen molar-refractivity contribution in [2.24, 2.45) is 0 Å². The topological polar surface area (TPSA) is 65.9 Å². The number of aryl methyl sites for hydroxylation is 1. The molecule has 0 aliphatic heterocycles. The van der Waals surface area contributed by atoms with Gasteiger partial charge in [-0.15, -0.1) is 0 Å². The zero-order valence-electron chi connectivity index (χ0n) is 12.4. The number of H-pyrrole nitrogens is 1. The molecule has 0 spiro atoms. The van der Waals surface area contributed by atoms with E-state index in [9.17, 15) is 9.18 Å². The SMILES string of the molecule is Cc1cc(F)ccc1-c1c[nH]c(=O)c2cc(OCC#N)ccc12. The number of fused-ring (bicyclic) bond motifs is 1. The van der Waals surface area contributed by atoms with Crippen LogP contribution in [0.4, 0.5) is 4.39 Å². The monoisotopic (exact) mass is 308 g/mol. The molecular formula is C18H13FN2O2. The number of pyridine rings is 1. The first-order valence-electron chi connectivity index (χ1n) is 7.02. The highest BCUT2D eigenvalue weighted by Crippen LogP contribution is 2.30. The van der Waals surface area contributed by atoms with E-state index in [0.29, 0.717) is 11.1 Å². The number of nitrogens with one attached hydrogen (secondary N) is 1. The van der Waals surface area contributed by atoms with E-state index in [4.69, 9.17) is 10.00 Å². The quantitative estimate of drug-likeness (QED) is 0.804. The molecule has 0 amide bonds. The third kappa shape index (κ3) is 2.79. The fraction of sp³-hybridized carbons (Fsp3) is 0.111. The van der Waals surface area contributed by atoms with Crippen LogP contribution in [0.15, 0.2) is 47.4 Å². The van der Waals surface area contributed by atoms with Crippen molar-refractivity contribution in [1.29, 1.82) is 5.26 Å². The first-order valence-corrected chi connectivity index (χ1v) is 7.02. The van der Waals surface area contributed by atoms with Gasteiger partial charge in [-0.05, 0) is 53.8 Å². The maximum atomic E-state index is 13.3. The number of ether oxygens (including phenoxy) is 1. The van der Waals surface area contributed by atoms with Gasteiger partial charge in [-0.2, -0.15) is 5.26 Å². The number of hydrogen-bond acceptors (Lipinski definition) is 3. The summed E-state index contributed by atoms with van der Waals surface area (Å²) in [5.74, 6) is 0.157. The molecule has 0 bridgehead atoms. The molecule has 2 aromatic carbocycles. The van der Waals surface area contributed by atoms with E-state index in [0.717, 1.165) is 22.1 Å². The van der Waals surface area contributed by atoms with Gasteiger partial charge >= 0.3 is 0 Å². The van der Waals surface area contributed by atoms with Gasteiger partial charge in [-0.25, -0.2) is 4.39 Å². The summed E-state index contributed by atoms with van der Waals surface area (Å²) in [6.45, 7) is 1.74. The number of hydrogen-bond donors (Lipinski definition) is 1. The summed E-state index contributed by atoms with van der Waals surface area (Å²) in [6, 6.07) is 11.5. The molecule has 3 rings (SSSR count). The fourth-order valence-corrected chi connectivity index (χ4v) is 2.60. The number of aromatic nitrogens is 1. The Labute approximate surface area is 131 Å². The second-order valence-electron chi connectivity index (χ2n) is 5.14. The molecule has 0 saturated heterocycles. The number of aromatic amines is 1. The van der Waals surface area contributed by atoms with Crippen molar-refractivity contribution in [2.75, 3.05) is 6.61 Å². The second kappa shape index (κ2) is 5.93. The van der Waals surface area contributed by atoms with Gasteiger partial charge in [-0.3, -0.25) is 4.79 Å². The number of nitriles is 1. The van der Waals surface area contributed by atoms with Crippen LogP contribution in [-0.2, 0) is 0 Å². The smallest absolute Gasteiger partial charge is 0.255 e. The van der Waals surface area contributed by atoms with Crippen LogP contribution in [0.1, 0.15) is 5.56 Å². The van der Waals surface area contributed by atoms with Crippen LogP contribution in [0.2, 0.25) is 0 Å². The van der Waals surface area contributed by atoms with Crippen molar-refractivity contribution in [3.63, 3.8) is 0 Å². The van der Waals surface area contributed by atoms with E-state index in [-0.39, 0.29) is 18.0 Å². The molecular weight excluding hydrogens is 295 g/mol. The molecule has 1 N–H and O–H groups in total. The summed E-state index contributed by atoms with van der Waals surface area (Å²) in [6.07, 6.45) is 1.63. The van der Waals surface area contributed by atoms with Crippen molar-refractivity contribution >= 4 is 10.8 Å². The molecule has 0 fully saturated rings. The normalized spacial score (nSPS) is 10.5. The van der Waals surface area contributed by atoms with Gasteiger partial charge in [0.1, 0.15) is 17.6 Å². The highest BCUT2D eigenvalue weighted by atomic mass is 19.1. The minimum atomic E-state index is -0.299. The predicted octanol–water partition coefficient (Wildman–Crippen LogP) is 3.55. The molecule has 114 valence electrons. The molecule has 5 heteroatoms. The summed E-state index contributed by atoms with van der Waals surface area (Å²) in [4.78, 5) is 14.8. The molecule has 0 atom stereocenters. The Morgan fingerprint density at radius 3 is 2.74 bits per heavy atom. The summed E-state index contributed by atoms with van der Waals surface area (Å²) in [5.41, 5.74) is 2.19. The Morgan fingerprint density at radius 1 is 1.17 bits per heavy atom. The summed E-state index contributed by atoms with van der Waals surface area (Å²) < 4.78 is 18.6. The van der Waals surface area contributed by atoms with Crippen molar-refractivity contribution < 1.29 is 9.13 Å². The molecule has 3 aromatic rings. The highest BCUT2D eigenvalue weighted by Gasteiger charge is 2.10. The van der Waals surface area contributed by atoms with Crippen LogP contribution in [0, 0.1) is 24.1 Å². The molecule has 4 nitrogen and oxygen atoms in total. The van der Waals surface area contributed by atoms with Crippen LogP contribution in [0.5, 0.6) is 5.75 Å². The van der Waals surface area contributed by atoms with E-state index < -0.39 is 0 Å². The zero-order chi connectivity index (χ0) is 16.4. The lowest BCUT2D eigenvalue weighted by molar-refractivity contribution is 0.368. The lowest BCUT2D eigenvalue weighted by Crippen LogP contribution is -2.06. The number of rotatable bonds is 3. The standard InChI is InChI=1S/C18H13FN2O2/c1-11-8-12(19)2-4-14(11)17-10-21-18(22)16-9-13(23-7-6-20)3-5-15(16)17/h2-5,8-10H,7H2,1H3,(H,21,22). The molecule has 0 radical (unpaired) electrons. The third-order valence-corrected chi connectivity index (χ3v) is 3.66. The molecule has 1 aromatic heterocycles. The Hall–Kier alpha value is -3.13. The van der Waals surface area contributed by atoms with Crippen LogP contribution in [0.3, 0.4) is 0 Å². The van der Waals surface area contributed by atoms with Gasteiger partial charge in [-0.1, -0.05) is 6.07 Å². The van der Waals surface area contributed by atoms with E-state index in [1.807, 2.05) is 13.0 Å². The van der Waals surface area contributed by atoms with Crippen LogP contribution in [-0.4, -0.2) is 11.6 Å². The van der Waals surface area contributed by atoms with Gasteiger partial charge in [0.25, 0.3) is 5.56 Å². The fourth-order valence-electron chi connectivity index (χ4n) is 2.60. The van der Waals surface area contributed by atoms with E-state index in [1.54, 1.807) is 30.5 Å². The minimum Gasteiger partial charge on any atom is -0.479 e. The van der Waals surface area contributed by atoms with E-state index in [1.165, 1.54) is 12.1 Å². The third-order valence-electron chi connectivity index (χ3n) is 3.66. The number of nitrogens with zero attached hydrogens (tertiary/aromatic N) is 1. The number of halogens is 1. The minimum absolute atomic E-state index is 0.0832. The predicted molar refractivity (Wildman–Crippen MR) is 85.8 cm³/mol. The van der Waals surface area contributed by atoms with Gasteiger partial charge in [0, 0.05) is 11.8 Å². The maximum absolute atomic E-state index is 13.3. The number of benzene rings is 2. The molecule has 23 heavy (non-hydrogen) atoms. The Bertz CT molecular complexity index is 986. The largest absolute Gasteiger partial charge is 0.479 e. The summed E-state index contributed by atoms with van der Waals surface area (Å²) in [7, 11) is 0. The van der Waals surface area contributed by atoms with E-state index in [2.05, 4.69) is 4.98 Å². The summed E-state index contributed by atoms with van der Waals surface area (Å²) in [5, 5.41) is 9.77. The van der Waals surface area contributed by atoms with Crippen molar-refractivity contribution in [2.45, 2.75) is 6.92 Å². The Balaban J connectivity index is 2.21. The van der Waals surface area contributed by atoms with Gasteiger partial charge < -0.3 is 9.72 Å². The van der Waals surface area contributed by atoms with Gasteiger partial charge in [0.05, 0.1) is 5.39 Å². The van der Waals surface area contributed by atoms with Crippen LogP contribution >= 0.6 is 0 Å². The molecule has 1 heterocycles. The van der Waals surface area contributed by atoms with Crippen molar-refractivity contribution in [1.82, 2.24) is 4.98 Å². The second-order valence-corrected chi connectivity index (χ2v) is 5.14. The van der Waals surface area contributed by atoms with E-state index >= 15 is 0 Å².